The minimum Gasteiger partial charge on any atom is -0.573 e. The summed E-state index contributed by atoms with van der Waals surface area (Å²) in [5.41, 5.74) is -0.748. The van der Waals surface area contributed by atoms with Gasteiger partial charge < -0.3 is 4.72 Å². The van der Waals surface area contributed by atoms with E-state index >= 15 is 0 Å². The number of benzene rings is 2. The maximum Gasteiger partial charge on any atom is 0.416 e. The minimum absolute atomic E-state index is 0.0271. The van der Waals surface area contributed by atoms with Crippen molar-refractivity contribution >= 4 is 27.3 Å². The summed E-state index contributed by atoms with van der Waals surface area (Å²) in [5.74, 6) is 0.205. The Balaban J connectivity index is 1.96. The van der Waals surface area contributed by atoms with Crippen LogP contribution in [0.25, 0.3) is 16.1 Å². The summed E-state index contributed by atoms with van der Waals surface area (Å²) in [5, 5.41) is 12.8. The number of rotatable bonds is 4. The lowest BCUT2D eigenvalue weighted by molar-refractivity contribution is -0.137. The second kappa shape index (κ2) is 6.57. The molecule has 0 aliphatic rings. The average molecular weight is 403 g/mol. The van der Waals surface area contributed by atoms with E-state index in [1.165, 1.54) is 18.2 Å². The van der Waals surface area contributed by atoms with Gasteiger partial charge in [0.05, 0.1) is 15.5 Å². The van der Waals surface area contributed by atoms with Crippen molar-refractivity contribution in [2.75, 3.05) is 0 Å². The minimum atomic E-state index is -4.71. The zero-order chi connectivity index (χ0) is 18.9. The van der Waals surface area contributed by atoms with Gasteiger partial charge in [-0.1, -0.05) is 35.9 Å². The van der Waals surface area contributed by atoms with Gasteiger partial charge >= 0.3 is 6.18 Å². The molecule has 0 unspecified atom stereocenters. The van der Waals surface area contributed by atoms with Gasteiger partial charge in [0, 0.05) is 5.56 Å². The van der Waals surface area contributed by atoms with Gasteiger partial charge in [-0.3, -0.25) is 0 Å². The molecular weight excluding hydrogens is 395 g/mol. The Kier molecular flexibility index (Phi) is 4.59. The van der Waals surface area contributed by atoms with E-state index < -0.39 is 26.7 Å². The molecule has 0 saturated carbocycles. The third-order valence-corrected chi connectivity index (χ3v) is 5.00. The Labute approximate surface area is 150 Å². The molecule has 1 heterocycles. The lowest BCUT2D eigenvalue weighted by Crippen LogP contribution is -2.07. The first-order valence-corrected chi connectivity index (χ1v) is 8.67. The van der Waals surface area contributed by atoms with Crippen molar-refractivity contribution in [1.82, 2.24) is 20.6 Å². The van der Waals surface area contributed by atoms with Gasteiger partial charge in [0.2, 0.25) is 5.82 Å². The van der Waals surface area contributed by atoms with Crippen LogP contribution in [0.2, 0.25) is 5.02 Å². The molecule has 7 nitrogen and oxygen atoms in total. The topological polar surface area (TPSA) is 103 Å². The van der Waals surface area contributed by atoms with Crippen LogP contribution in [0.1, 0.15) is 5.56 Å². The molecule has 0 spiro atoms. The second-order valence-electron chi connectivity index (χ2n) is 5.00. The maximum atomic E-state index is 12.8. The highest BCUT2D eigenvalue weighted by Gasteiger charge is 2.31. The van der Waals surface area contributed by atoms with Crippen molar-refractivity contribution < 1.29 is 21.6 Å². The molecule has 12 heteroatoms. The fraction of sp³-hybridized carbons (Fsp3) is 0.0714. The summed E-state index contributed by atoms with van der Waals surface area (Å²) < 4.78 is 66.9. The van der Waals surface area contributed by atoms with E-state index in [9.17, 15) is 21.6 Å². The molecule has 0 radical (unpaired) electrons. The number of tetrazole rings is 1. The van der Waals surface area contributed by atoms with Gasteiger partial charge in [-0.15, -0.1) is 15.9 Å². The first-order valence-electron chi connectivity index (χ1n) is 6.85. The van der Waals surface area contributed by atoms with Crippen molar-refractivity contribution in [2.24, 2.45) is 0 Å². The Bertz CT molecular complexity index is 1040. The van der Waals surface area contributed by atoms with Crippen LogP contribution in [0.15, 0.2) is 47.4 Å². The molecule has 1 N–H and O–H groups in total. The quantitative estimate of drug-likeness (QED) is 0.712. The summed E-state index contributed by atoms with van der Waals surface area (Å²) in [6.07, 6.45) is -4.71. The smallest absolute Gasteiger partial charge is 0.416 e. The zero-order valence-electron chi connectivity index (χ0n) is 12.6. The van der Waals surface area contributed by atoms with Crippen LogP contribution in [-0.2, 0) is 16.2 Å². The SMILES string of the molecule is O=S(=O)([N-]c1cccc(-c2nn[nH]n2)c1)c1cc(C(F)(F)F)ccc1Cl. The summed E-state index contributed by atoms with van der Waals surface area (Å²) in [7, 11) is -4.48. The van der Waals surface area contributed by atoms with Gasteiger partial charge in [0.25, 0.3) is 0 Å². The number of nitrogens with one attached hydrogen (secondary N) is 1. The lowest BCUT2D eigenvalue weighted by atomic mass is 10.2. The number of sulfonamides is 1. The van der Waals surface area contributed by atoms with Crippen molar-refractivity contribution in [1.29, 1.82) is 0 Å². The normalized spacial score (nSPS) is 12.2. The highest BCUT2D eigenvalue weighted by atomic mass is 35.5. The predicted octanol–water partition coefficient (Wildman–Crippen LogP) is 3.93. The van der Waals surface area contributed by atoms with Gasteiger partial charge in [-0.05, 0) is 23.4 Å². The molecule has 0 fully saturated rings. The third kappa shape index (κ3) is 3.78. The number of H-pyrrole nitrogens is 1. The van der Waals surface area contributed by atoms with Crippen LogP contribution in [0, 0.1) is 0 Å². The van der Waals surface area contributed by atoms with E-state index in [0.717, 1.165) is 6.07 Å². The highest BCUT2D eigenvalue weighted by molar-refractivity contribution is 7.94. The van der Waals surface area contributed by atoms with Gasteiger partial charge in [-0.25, -0.2) is 8.42 Å². The molecule has 0 amide bonds. The van der Waals surface area contributed by atoms with Gasteiger partial charge in [-0.2, -0.15) is 18.4 Å². The number of alkyl halides is 3. The largest absolute Gasteiger partial charge is 0.573 e. The molecule has 0 aliphatic carbocycles. The average Bonchev–Trinajstić information content (AvgIpc) is 3.08. The summed E-state index contributed by atoms with van der Waals surface area (Å²) in [4.78, 5) is -0.737. The maximum absolute atomic E-state index is 12.8. The Morgan fingerprint density at radius 1 is 1.12 bits per heavy atom. The highest BCUT2D eigenvalue weighted by Crippen LogP contribution is 2.37. The van der Waals surface area contributed by atoms with Gasteiger partial charge in [0.15, 0.2) is 0 Å². The van der Waals surface area contributed by atoms with E-state index in [1.807, 2.05) is 0 Å². The standard InChI is InChI=1S/C14H8ClF3N5O2S/c15-11-5-4-9(14(16,17)18)7-12(11)26(24,25)21-10-3-1-2-8(6-10)13-19-22-23-20-13/h1-7H,(H,19,20,22,23)/q-1. The van der Waals surface area contributed by atoms with E-state index in [2.05, 4.69) is 25.3 Å². The van der Waals surface area contributed by atoms with Crippen LogP contribution in [0.5, 0.6) is 0 Å². The number of aromatic nitrogens is 4. The summed E-state index contributed by atoms with van der Waals surface area (Å²) in [6, 6.07) is 7.80. The van der Waals surface area contributed by atoms with Crippen LogP contribution in [0.3, 0.4) is 0 Å². The van der Waals surface area contributed by atoms with E-state index in [0.29, 0.717) is 17.7 Å². The molecule has 26 heavy (non-hydrogen) atoms. The third-order valence-electron chi connectivity index (χ3n) is 3.21. The molecule has 2 aromatic carbocycles. The predicted molar refractivity (Wildman–Crippen MR) is 86.3 cm³/mol. The molecule has 0 bridgehead atoms. The monoisotopic (exact) mass is 402 g/mol. The fourth-order valence-corrected chi connectivity index (χ4v) is 3.54. The second-order valence-corrected chi connectivity index (χ2v) is 6.97. The molecule has 3 aromatic rings. The fourth-order valence-electron chi connectivity index (χ4n) is 2.05. The number of halogens is 4. The van der Waals surface area contributed by atoms with Crippen molar-refractivity contribution in [3.8, 4) is 11.4 Å². The van der Waals surface area contributed by atoms with E-state index in [4.69, 9.17) is 11.6 Å². The van der Waals surface area contributed by atoms with E-state index in [-0.39, 0.29) is 16.5 Å². The zero-order valence-corrected chi connectivity index (χ0v) is 14.1. The molecule has 0 aliphatic heterocycles. The number of hydrogen-bond donors (Lipinski definition) is 1. The Morgan fingerprint density at radius 3 is 2.54 bits per heavy atom. The van der Waals surface area contributed by atoms with E-state index in [1.54, 1.807) is 6.07 Å². The first kappa shape index (κ1) is 18.1. The summed E-state index contributed by atoms with van der Waals surface area (Å²) >= 11 is 5.77. The van der Waals surface area contributed by atoms with Crippen molar-refractivity contribution in [3.63, 3.8) is 0 Å². The van der Waals surface area contributed by atoms with Crippen LogP contribution in [-0.4, -0.2) is 29.0 Å². The molecule has 1 aromatic heterocycles. The Morgan fingerprint density at radius 2 is 1.88 bits per heavy atom. The molecule has 0 atom stereocenters. The van der Waals surface area contributed by atoms with Gasteiger partial charge in [0.1, 0.15) is 10.0 Å². The number of aromatic amines is 1. The molecular formula is C14H8ClF3N5O2S-. The molecule has 136 valence electrons. The first-order chi connectivity index (χ1) is 12.2. The van der Waals surface area contributed by atoms with Crippen LogP contribution >= 0.6 is 11.6 Å². The summed E-state index contributed by atoms with van der Waals surface area (Å²) in [6.45, 7) is 0. The van der Waals surface area contributed by atoms with Crippen molar-refractivity contribution in [3.05, 3.63) is 57.8 Å². The molecule has 0 saturated heterocycles. The number of nitrogens with zero attached hydrogens (tertiary/aromatic N) is 4. The van der Waals surface area contributed by atoms with Crippen molar-refractivity contribution in [2.45, 2.75) is 11.1 Å². The Hall–Kier alpha value is -2.66. The lowest BCUT2D eigenvalue weighted by Gasteiger charge is -2.23. The van der Waals surface area contributed by atoms with Crippen LogP contribution in [0.4, 0.5) is 18.9 Å². The van der Waals surface area contributed by atoms with Crippen LogP contribution < -0.4 is 0 Å². The molecule has 3 rings (SSSR count). The number of hydrogen-bond acceptors (Lipinski definition) is 5.